The number of rotatable bonds is 2. The lowest BCUT2D eigenvalue weighted by molar-refractivity contribution is 0.794. The highest BCUT2D eigenvalue weighted by Gasteiger charge is 2.09. The number of hydrogen-bond donors (Lipinski definition) is 0. The molecule has 18 heavy (non-hydrogen) atoms. The van der Waals surface area contributed by atoms with Crippen molar-refractivity contribution in [3.8, 4) is 5.82 Å². The van der Waals surface area contributed by atoms with Gasteiger partial charge in [-0.05, 0) is 36.2 Å². The molecule has 0 spiro atoms. The SMILES string of the molecule is Cc1cc(CCl)cnc1-n1nnc2ccccc21. The van der Waals surface area contributed by atoms with E-state index < -0.39 is 0 Å². The smallest absolute Gasteiger partial charge is 0.158 e. The molecule has 0 aliphatic heterocycles. The summed E-state index contributed by atoms with van der Waals surface area (Å²) in [6.07, 6.45) is 1.77. The van der Waals surface area contributed by atoms with E-state index in [0.717, 1.165) is 28.0 Å². The molecule has 0 atom stereocenters. The Morgan fingerprint density at radius 3 is 2.89 bits per heavy atom. The maximum atomic E-state index is 5.80. The summed E-state index contributed by atoms with van der Waals surface area (Å²) in [7, 11) is 0. The number of pyridine rings is 1. The molecule has 2 aromatic heterocycles. The molecule has 90 valence electrons. The van der Waals surface area contributed by atoms with Crippen LogP contribution in [0.1, 0.15) is 11.1 Å². The first-order valence-corrected chi connectivity index (χ1v) is 6.15. The van der Waals surface area contributed by atoms with E-state index in [-0.39, 0.29) is 0 Å². The van der Waals surface area contributed by atoms with E-state index in [1.54, 1.807) is 10.9 Å². The Bertz CT molecular complexity index is 705. The van der Waals surface area contributed by atoms with E-state index >= 15 is 0 Å². The minimum absolute atomic E-state index is 0.465. The first-order valence-electron chi connectivity index (χ1n) is 5.62. The van der Waals surface area contributed by atoms with E-state index in [1.165, 1.54) is 0 Å². The van der Waals surface area contributed by atoms with Crippen LogP contribution in [0.5, 0.6) is 0 Å². The van der Waals surface area contributed by atoms with Gasteiger partial charge in [0.25, 0.3) is 0 Å². The molecule has 4 nitrogen and oxygen atoms in total. The second kappa shape index (κ2) is 4.38. The fourth-order valence-corrected chi connectivity index (χ4v) is 2.09. The fourth-order valence-electron chi connectivity index (χ4n) is 1.95. The van der Waals surface area contributed by atoms with Gasteiger partial charge in [0.2, 0.25) is 0 Å². The topological polar surface area (TPSA) is 43.6 Å². The Kier molecular flexibility index (Phi) is 2.72. The maximum absolute atomic E-state index is 5.80. The van der Waals surface area contributed by atoms with E-state index in [9.17, 15) is 0 Å². The highest BCUT2D eigenvalue weighted by molar-refractivity contribution is 6.17. The molecule has 0 bridgehead atoms. The van der Waals surface area contributed by atoms with Crippen molar-refractivity contribution in [2.45, 2.75) is 12.8 Å². The zero-order valence-electron chi connectivity index (χ0n) is 9.84. The zero-order valence-corrected chi connectivity index (χ0v) is 10.6. The predicted octanol–water partition coefficient (Wildman–Crippen LogP) is 2.86. The summed E-state index contributed by atoms with van der Waals surface area (Å²) in [6.45, 7) is 1.99. The molecule has 5 heteroatoms. The fraction of sp³-hybridized carbons (Fsp3) is 0.154. The molecule has 0 fully saturated rings. The van der Waals surface area contributed by atoms with Crippen molar-refractivity contribution < 1.29 is 0 Å². The third-order valence-electron chi connectivity index (χ3n) is 2.81. The summed E-state index contributed by atoms with van der Waals surface area (Å²) in [5.41, 5.74) is 3.85. The lowest BCUT2D eigenvalue weighted by atomic mass is 10.2. The molecule has 0 saturated heterocycles. The summed E-state index contributed by atoms with van der Waals surface area (Å²) in [4.78, 5) is 4.42. The van der Waals surface area contributed by atoms with Gasteiger partial charge in [-0.1, -0.05) is 17.3 Å². The van der Waals surface area contributed by atoms with Crippen LogP contribution in [0.15, 0.2) is 36.5 Å². The van der Waals surface area contributed by atoms with Gasteiger partial charge in [0.05, 0.1) is 5.52 Å². The normalized spacial score (nSPS) is 11.0. The highest BCUT2D eigenvalue weighted by Crippen LogP contribution is 2.18. The third kappa shape index (κ3) is 1.75. The van der Waals surface area contributed by atoms with Crippen LogP contribution in [-0.4, -0.2) is 20.0 Å². The van der Waals surface area contributed by atoms with Crippen LogP contribution >= 0.6 is 11.6 Å². The number of aromatic nitrogens is 4. The Morgan fingerprint density at radius 2 is 2.11 bits per heavy atom. The van der Waals surface area contributed by atoms with Gasteiger partial charge in [0, 0.05) is 12.1 Å². The van der Waals surface area contributed by atoms with Gasteiger partial charge < -0.3 is 0 Å². The number of hydrogen-bond acceptors (Lipinski definition) is 3. The van der Waals surface area contributed by atoms with Crippen molar-refractivity contribution in [2.24, 2.45) is 0 Å². The number of alkyl halides is 1. The van der Waals surface area contributed by atoms with Crippen LogP contribution in [-0.2, 0) is 5.88 Å². The molecule has 0 saturated carbocycles. The van der Waals surface area contributed by atoms with E-state index in [0.29, 0.717) is 5.88 Å². The number of para-hydroxylation sites is 1. The second-order valence-electron chi connectivity index (χ2n) is 4.11. The van der Waals surface area contributed by atoms with Crippen molar-refractivity contribution in [3.63, 3.8) is 0 Å². The number of benzene rings is 1. The molecule has 0 N–H and O–H groups in total. The van der Waals surface area contributed by atoms with Crippen LogP contribution in [0.4, 0.5) is 0 Å². The Labute approximate surface area is 109 Å². The molecule has 0 unspecified atom stereocenters. The van der Waals surface area contributed by atoms with E-state index in [4.69, 9.17) is 11.6 Å². The average molecular weight is 259 g/mol. The number of fused-ring (bicyclic) bond motifs is 1. The molecular formula is C13H11ClN4. The van der Waals surface area contributed by atoms with Crippen molar-refractivity contribution in [3.05, 3.63) is 47.7 Å². The summed E-state index contributed by atoms with van der Waals surface area (Å²) < 4.78 is 1.75. The first kappa shape index (κ1) is 11.2. The zero-order chi connectivity index (χ0) is 12.5. The van der Waals surface area contributed by atoms with Gasteiger partial charge in [-0.25, -0.2) is 4.98 Å². The summed E-state index contributed by atoms with van der Waals surface area (Å²) in [6, 6.07) is 9.84. The van der Waals surface area contributed by atoms with Gasteiger partial charge >= 0.3 is 0 Å². The van der Waals surface area contributed by atoms with E-state index in [1.807, 2.05) is 37.3 Å². The van der Waals surface area contributed by atoms with Gasteiger partial charge in [-0.3, -0.25) is 0 Å². The van der Waals surface area contributed by atoms with Crippen molar-refractivity contribution in [2.75, 3.05) is 0 Å². The third-order valence-corrected chi connectivity index (χ3v) is 3.12. The largest absolute Gasteiger partial charge is 0.236 e. The summed E-state index contributed by atoms with van der Waals surface area (Å²) >= 11 is 5.80. The molecule has 3 aromatic rings. The van der Waals surface area contributed by atoms with Gasteiger partial charge in [-0.15, -0.1) is 16.7 Å². The van der Waals surface area contributed by atoms with Gasteiger partial charge in [-0.2, -0.15) is 4.68 Å². The Morgan fingerprint density at radius 1 is 1.28 bits per heavy atom. The molecule has 0 amide bonds. The summed E-state index contributed by atoms with van der Waals surface area (Å²) in [5, 5.41) is 8.28. The molecule has 3 rings (SSSR count). The monoisotopic (exact) mass is 258 g/mol. The predicted molar refractivity (Wildman–Crippen MR) is 71.0 cm³/mol. The van der Waals surface area contributed by atoms with Gasteiger partial charge in [0.15, 0.2) is 5.82 Å². The molecule has 1 aromatic carbocycles. The maximum Gasteiger partial charge on any atom is 0.158 e. The van der Waals surface area contributed by atoms with Gasteiger partial charge in [0.1, 0.15) is 5.52 Å². The minimum atomic E-state index is 0.465. The molecule has 0 radical (unpaired) electrons. The Hall–Kier alpha value is -1.94. The number of halogens is 1. The van der Waals surface area contributed by atoms with Crippen molar-refractivity contribution in [1.82, 2.24) is 20.0 Å². The highest BCUT2D eigenvalue weighted by atomic mass is 35.5. The molecule has 0 aliphatic carbocycles. The average Bonchev–Trinajstić information content (AvgIpc) is 2.82. The summed E-state index contributed by atoms with van der Waals surface area (Å²) in [5.74, 6) is 1.25. The molecule has 2 heterocycles. The van der Waals surface area contributed by atoms with Crippen molar-refractivity contribution >= 4 is 22.6 Å². The van der Waals surface area contributed by atoms with Crippen LogP contribution in [0.3, 0.4) is 0 Å². The first-order chi connectivity index (χ1) is 8.79. The van der Waals surface area contributed by atoms with Crippen LogP contribution in [0, 0.1) is 6.92 Å². The number of aryl methyl sites for hydroxylation is 1. The second-order valence-corrected chi connectivity index (χ2v) is 4.37. The van der Waals surface area contributed by atoms with Crippen LogP contribution in [0.2, 0.25) is 0 Å². The van der Waals surface area contributed by atoms with E-state index in [2.05, 4.69) is 15.3 Å². The molecular weight excluding hydrogens is 248 g/mol. The van der Waals surface area contributed by atoms with Crippen LogP contribution in [0.25, 0.3) is 16.9 Å². The minimum Gasteiger partial charge on any atom is -0.236 e. The number of nitrogens with zero attached hydrogens (tertiary/aromatic N) is 4. The van der Waals surface area contributed by atoms with Crippen molar-refractivity contribution in [1.29, 1.82) is 0 Å². The lowest BCUT2D eigenvalue weighted by Gasteiger charge is -2.06. The van der Waals surface area contributed by atoms with Crippen LogP contribution < -0.4 is 0 Å². The standard InChI is InChI=1S/C13H11ClN4/c1-9-6-10(7-14)8-15-13(9)18-12-5-3-2-4-11(12)16-17-18/h2-6,8H,7H2,1H3. The quantitative estimate of drug-likeness (QED) is 0.664. The lowest BCUT2D eigenvalue weighted by Crippen LogP contribution is -2.03. The Balaban J connectivity index is 2.20. The molecule has 0 aliphatic rings.